The van der Waals surface area contributed by atoms with Crippen LogP contribution in [-0.4, -0.2) is 31.0 Å². The lowest BCUT2D eigenvalue weighted by atomic mass is 10.3. The van der Waals surface area contributed by atoms with Crippen LogP contribution in [0.3, 0.4) is 0 Å². The molecule has 13 heavy (non-hydrogen) atoms. The number of rotatable bonds is 3. The molecule has 0 aliphatic carbocycles. The van der Waals surface area contributed by atoms with Gasteiger partial charge in [0.05, 0.1) is 6.26 Å². The highest BCUT2D eigenvalue weighted by atomic mass is 32.2. The average Bonchev–Trinajstić information content (AvgIpc) is 2.04. The summed E-state index contributed by atoms with van der Waals surface area (Å²) in [5.41, 5.74) is 0.933. The highest BCUT2D eigenvalue weighted by Gasteiger charge is 2.10. The molecule has 0 saturated carbocycles. The monoisotopic (exact) mass is 200 g/mol. The molecule has 0 aromatic carbocycles. The standard InChI is InChI=1S/C8H12N2O2S/c1-10(13(2,11)12)7-8-3-5-9-6-4-8/h3-6H,7H2,1-2H3. The van der Waals surface area contributed by atoms with Crippen molar-refractivity contribution in [3.05, 3.63) is 30.1 Å². The van der Waals surface area contributed by atoms with Crippen LogP contribution in [0.5, 0.6) is 0 Å². The van der Waals surface area contributed by atoms with E-state index in [4.69, 9.17) is 0 Å². The second kappa shape index (κ2) is 3.85. The summed E-state index contributed by atoms with van der Waals surface area (Å²) in [6, 6.07) is 3.59. The molecule has 0 aliphatic rings. The van der Waals surface area contributed by atoms with E-state index in [0.29, 0.717) is 6.54 Å². The molecule has 0 saturated heterocycles. The Balaban J connectivity index is 2.72. The normalized spacial score (nSPS) is 11.9. The summed E-state index contributed by atoms with van der Waals surface area (Å²) in [4.78, 5) is 3.85. The van der Waals surface area contributed by atoms with E-state index in [2.05, 4.69) is 4.98 Å². The summed E-state index contributed by atoms with van der Waals surface area (Å²) in [5, 5.41) is 0. The highest BCUT2D eigenvalue weighted by Crippen LogP contribution is 2.03. The van der Waals surface area contributed by atoms with Crippen molar-refractivity contribution < 1.29 is 8.42 Å². The topological polar surface area (TPSA) is 50.3 Å². The molecule has 1 heterocycles. The Morgan fingerprint density at radius 3 is 2.38 bits per heavy atom. The lowest BCUT2D eigenvalue weighted by molar-refractivity contribution is 0.472. The zero-order valence-corrected chi connectivity index (χ0v) is 8.45. The van der Waals surface area contributed by atoms with Crippen LogP contribution in [0.15, 0.2) is 24.5 Å². The number of pyridine rings is 1. The van der Waals surface area contributed by atoms with E-state index >= 15 is 0 Å². The maximum atomic E-state index is 11.0. The van der Waals surface area contributed by atoms with Crippen molar-refractivity contribution in [1.82, 2.24) is 9.29 Å². The molecule has 0 amide bonds. The molecule has 0 unspecified atom stereocenters. The molecule has 0 fully saturated rings. The van der Waals surface area contributed by atoms with Crippen LogP contribution in [-0.2, 0) is 16.6 Å². The number of sulfonamides is 1. The van der Waals surface area contributed by atoms with Gasteiger partial charge in [-0.1, -0.05) is 0 Å². The molecule has 5 heteroatoms. The second-order valence-corrected chi connectivity index (χ2v) is 4.96. The van der Waals surface area contributed by atoms with Crippen LogP contribution in [0.4, 0.5) is 0 Å². The van der Waals surface area contributed by atoms with Gasteiger partial charge in [0.2, 0.25) is 10.0 Å². The molecule has 0 bridgehead atoms. The van der Waals surface area contributed by atoms with E-state index in [1.54, 1.807) is 31.6 Å². The molecule has 0 radical (unpaired) electrons. The molecule has 1 rings (SSSR count). The van der Waals surface area contributed by atoms with Crippen molar-refractivity contribution in [2.75, 3.05) is 13.3 Å². The van der Waals surface area contributed by atoms with Gasteiger partial charge in [0, 0.05) is 26.0 Å². The van der Waals surface area contributed by atoms with Crippen molar-refractivity contribution >= 4 is 10.0 Å². The van der Waals surface area contributed by atoms with Crippen LogP contribution in [0.2, 0.25) is 0 Å². The van der Waals surface area contributed by atoms with E-state index in [1.165, 1.54) is 10.6 Å². The van der Waals surface area contributed by atoms with Gasteiger partial charge in [0.1, 0.15) is 0 Å². The van der Waals surface area contributed by atoms with Gasteiger partial charge in [-0.3, -0.25) is 4.98 Å². The number of aromatic nitrogens is 1. The van der Waals surface area contributed by atoms with Gasteiger partial charge in [-0.2, -0.15) is 0 Å². The first kappa shape index (κ1) is 10.1. The maximum absolute atomic E-state index is 11.0. The SMILES string of the molecule is CN(Cc1ccncc1)S(C)(=O)=O. The maximum Gasteiger partial charge on any atom is 0.211 e. The summed E-state index contributed by atoms with van der Waals surface area (Å²) in [5.74, 6) is 0. The fourth-order valence-corrected chi connectivity index (χ4v) is 1.25. The molecule has 0 atom stereocenters. The van der Waals surface area contributed by atoms with Gasteiger partial charge < -0.3 is 0 Å². The Morgan fingerprint density at radius 2 is 1.92 bits per heavy atom. The molecule has 4 nitrogen and oxygen atoms in total. The lowest BCUT2D eigenvalue weighted by Gasteiger charge is -2.13. The first-order valence-electron chi connectivity index (χ1n) is 3.80. The van der Waals surface area contributed by atoms with Crippen molar-refractivity contribution in [3.63, 3.8) is 0 Å². The van der Waals surface area contributed by atoms with Gasteiger partial charge in [0.15, 0.2) is 0 Å². The van der Waals surface area contributed by atoms with Crippen LogP contribution in [0.25, 0.3) is 0 Å². The largest absolute Gasteiger partial charge is 0.265 e. The number of hydrogen-bond acceptors (Lipinski definition) is 3. The zero-order chi connectivity index (χ0) is 9.90. The van der Waals surface area contributed by atoms with Gasteiger partial charge in [-0.25, -0.2) is 12.7 Å². The fraction of sp³-hybridized carbons (Fsp3) is 0.375. The summed E-state index contributed by atoms with van der Waals surface area (Å²) >= 11 is 0. The second-order valence-electron chi connectivity index (χ2n) is 2.87. The van der Waals surface area contributed by atoms with Crippen LogP contribution in [0, 0.1) is 0 Å². The van der Waals surface area contributed by atoms with E-state index < -0.39 is 10.0 Å². The van der Waals surface area contributed by atoms with Crippen LogP contribution >= 0.6 is 0 Å². The minimum absolute atomic E-state index is 0.390. The van der Waals surface area contributed by atoms with E-state index in [0.717, 1.165) is 5.56 Å². The molecule has 0 aliphatic heterocycles. The molecular formula is C8H12N2O2S. The first-order chi connectivity index (χ1) is 6.00. The zero-order valence-electron chi connectivity index (χ0n) is 7.64. The van der Waals surface area contributed by atoms with Gasteiger partial charge in [0.25, 0.3) is 0 Å². The number of hydrogen-bond donors (Lipinski definition) is 0. The van der Waals surface area contributed by atoms with Gasteiger partial charge >= 0.3 is 0 Å². The molecule has 0 spiro atoms. The van der Waals surface area contributed by atoms with E-state index in [9.17, 15) is 8.42 Å². The Hall–Kier alpha value is -0.940. The first-order valence-corrected chi connectivity index (χ1v) is 5.65. The summed E-state index contributed by atoms with van der Waals surface area (Å²) in [6.07, 6.45) is 4.48. The minimum Gasteiger partial charge on any atom is -0.265 e. The van der Waals surface area contributed by atoms with E-state index in [1.807, 2.05) is 0 Å². The lowest BCUT2D eigenvalue weighted by Crippen LogP contribution is -2.24. The van der Waals surface area contributed by atoms with Crippen LogP contribution < -0.4 is 0 Å². The molecule has 72 valence electrons. The van der Waals surface area contributed by atoms with Gasteiger partial charge in [-0.15, -0.1) is 0 Å². The third-order valence-corrected chi connectivity index (χ3v) is 2.98. The van der Waals surface area contributed by atoms with Crippen molar-refractivity contribution in [2.24, 2.45) is 0 Å². The quantitative estimate of drug-likeness (QED) is 0.712. The Kier molecular flexibility index (Phi) is 3.00. The summed E-state index contributed by atoms with van der Waals surface area (Å²) in [7, 11) is -1.54. The highest BCUT2D eigenvalue weighted by molar-refractivity contribution is 7.88. The van der Waals surface area contributed by atoms with Crippen molar-refractivity contribution in [2.45, 2.75) is 6.54 Å². The molecular weight excluding hydrogens is 188 g/mol. The molecule has 1 aromatic rings. The number of nitrogens with zero attached hydrogens (tertiary/aromatic N) is 2. The molecule has 0 N–H and O–H groups in total. The fourth-order valence-electron chi connectivity index (χ4n) is 0.863. The minimum atomic E-state index is -3.09. The smallest absolute Gasteiger partial charge is 0.211 e. The average molecular weight is 200 g/mol. The molecule has 1 aromatic heterocycles. The Labute approximate surface area is 78.3 Å². The van der Waals surface area contributed by atoms with E-state index in [-0.39, 0.29) is 0 Å². The van der Waals surface area contributed by atoms with Crippen molar-refractivity contribution in [3.8, 4) is 0 Å². The predicted molar refractivity (Wildman–Crippen MR) is 50.5 cm³/mol. The summed E-state index contributed by atoms with van der Waals surface area (Å²) < 4.78 is 23.4. The predicted octanol–water partition coefficient (Wildman–Crippen LogP) is 0.473. The van der Waals surface area contributed by atoms with Gasteiger partial charge in [-0.05, 0) is 17.7 Å². The summed E-state index contributed by atoms with van der Waals surface area (Å²) in [6.45, 7) is 0.390. The Morgan fingerprint density at radius 1 is 1.38 bits per heavy atom. The Bertz CT molecular complexity index is 361. The van der Waals surface area contributed by atoms with Crippen LogP contribution in [0.1, 0.15) is 5.56 Å². The third kappa shape index (κ3) is 3.12. The van der Waals surface area contributed by atoms with Crippen molar-refractivity contribution in [1.29, 1.82) is 0 Å². The third-order valence-electron chi connectivity index (χ3n) is 1.72.